The number of aromatic nitrogens is 4. The van der Waals surface area contributed by atoms with Gasteiger partial charge in [-0.15, -0.1) is 0 Å². The van der Waals surface area contributed by atoms with Gasteiger partial charge in [0.1, 0.15) is 12.1 Å². The lowest BCUT2D eigenvalue weighted by Gasteiger charge is -2.06. The molecule has 11 heteroatoms. The van der Waals surface area contributed by atoms with Crippen LogP contribution in [0.1, 0.15) is 40.2 Å². The van der Waals surface area contributed by atoms with E-state index in [-0.39, 0.29) is 23.0 Å². The lowest BCUT2D eigenvalue weighted by atomic mass is 10.2. The lowest BCUT2D eigenvalue weighted by Crippen LogP contribution is -2.14. The monoisotopic (exact) mass is 413 g/mol. The maximum absolute atomic E-state index is 12.4. The van der Waals surface area contributed by atoms with E-state index in [0.717, 1.165) is 25.8 Å². The van der Waals surface area contributed by atoms with Crippen LogP contribution < -0.4 is 16.4 Å². The molecule has 0 saturated carbocycles. The van der Waals surface area contributed by atoms with E-state index in [9.17, 15) is 9.59 Å². The van der Waals surface area contributed by atoms with E-state index in [1.54, 1.807) is 25.4 Å². The Hall–Kier alpha value is -3.73. The highest BCUT2D eigenvalue weighted by Gasteiger charge is 2.20. The molecule has 158 valence electrons. The molecule has 0 aliphatic heterocycles. The maximum Gasteiger partial charge on any atom is 0.358 e. The Morgan fingerprint density at radius 2 is 2.13 bits per heavy atom. The van der Waals surface area contributed by atoms with E-state index in [0.29, 0.717) is 17.9 Å². The van der Waals surface area contributed by atoms with Gasteiger partial charge in [-0.3, -0.25) is 9.48 Å². The van der Waals surface area contributed by atoms with Crippen molar-refractivity contribution in [2.75, 3.05) is 23.7 Å². The van der Waals surface area contributed by atoms with Gasteiger partial charge in [-0.2, -0.15) is 5.10 Å². The molecular weight excluding hydrogens is 390 g/mol. The van der Waals surface area contributed by atoms with Gasteiger partial charge < -0.3 is 25.9 Å². The van der Waals surface area contributed by atoms with Crippen molar-refractivity contribution in [3.05, 3.63) is 42.2 Å². The number of pyridine rings is 1. The molecule has 3 aromatic rings. The molecule has 0 saturated heterocycles. The molecule has 0 spiro atoms. The van der Waals surface area contributed by atoms with Crippen molar-refractivity contribution in [1.82, 2.24) is 19.7 Å². The second kappa shape index (κ2) is 9.65. The van der Waals surface area contributed by atoms with Crippen LogP contribution in [0.3, 0.4) is 0 Å². The van der Waals surface area contributed by atoms with E-state index < -0.39 is 11.9 Å². The lowest BCUT2D eigenvalue weighted by molar-refractivity contribution is 0.0690. The highest BCUT2D eigenvalue weighted by molar-refractivity contribution is 6.06. The van der Waals surface area contributed by atoms with Crippen LogP contribution in [0.2, 0.25) is 0 Å². The normalized spacial score (nSPS) is 10.7. The first-order valence-corrected chi connectivity index (χ1v) is 9.42. The van der Waals surface area contributed by atoms with E-state index in [1.807, 2.05) is 0 Å². The number of carbonyl (C=O) groups is 2. The summed E-state index contributed by atoms with van der Waals surface area (Å²) < 4.78 is 6.73. The van der Waals surface area contributed by atoms with E-state index >= 15 is 0 Å². The average molecular weight is 413 g/mol. The summed E-state index contributed by atoms with van der Waals surface area (Å²) in [5, 5.41) is 18.7. The molecule has 0 bridgehead atoms. The molecule has 0 atom stereocenters. The van der Waals surface area contributed by atoms with Crippen molar-refractivity contribution in [3.63, 3.8) is 0 Å². The van der Waals surface area contributed by atoms with Crippen LogP contribution in [0.5, 0.6) is 0 Å². The molecule has 3 aromatic heterocycles. The molecule has 11 nitrogen and oxygen atoms in total. The second-order valence-corrected chi connectivity index (χ2v) is 6.57. The van der Waals surface area contributed by atoms with Gasteiger partial charge in [0.25, 0.3) is 5.91 Å². The number of unbranched alkanes of at least 4 members (excludes halogenated alkanes) is 2. The van der Waals surface area contributed by atoms with Gasteiger partial charge in [0.15, 0.2) is 11.4 Å². The molecule has 0 aromatic carbocycles. The van der Waals surface area contributed by atoms with Crippen LogP contribution in [-0.4, -0.2) is 49.8 Å². The summed E-state index contributed by atoms with van der Waals surface area (Å²) in [5.41, 5.74) is 5.97. The Labute approximate surface area is 172 Å². The molecule has 3 rings (SSSR count). The van der Waals surface area contributed by atoms with Gasteiger partial charge in [0.2, 0.25) is 5.89 Å². The van der Waals surface area contributed by atoms with E-state index in [2.05, 4.69) is 25.7 Å². The highest BCUT2D eigenvalue weighted by atomic mass is 16.4. The van der Waals surface area contributed by atoms with Crippen LogP contribution >= 0.6 is 0 Å². The van der Waals surface area contributed by atoms with Gasteiger partial charge in [0, 0.05) is 31.5 Å². The molecule has 0 unspecified atom stereocenters. The summed E-state index contributed by atoms with van der Waals surface area (Å²) in [4.78, 5) is 32.1. The summed E-state index contributed by atoms with van der Waals surface area (Å²) in [7, 11) is 1.56. The van der Waals surface area contributed by atoms with Gasteiger partial charge in [-0.25, -0.2) is 14.8 Å². The zero-order valence-electron chi connectivity index (χ0n) is 16.5. The highest BCUT2D eigenvalue weighted by Crippen LogP contribution is 2.22. The molecule has 1 amide bonds. The predicted octanol–water partition coefficient (Wildman–Crippen LogP) is 1.96. The fourth-order valence-electron chi connectivity index (χ4n) is 2.76. The summed E-state index contributed by atoms with van der Waals surface area (Å²) in [6.45, 7) is 1.46. The first-order valence-electron chi connectivity index (χ1n) is 9.42. The zero-order chi connectivity index (χ0) is 21.5. The van der Waals surface area contributed by atoms with Crippen LogP contribution in [0.15, 0.2) is 35.2 Å². The number of nitrogens with one attached hydrogen (secondary N) is 2. The van der Waals surface area contributed by atoms with Crippen LogP contribution in [0.4, 0.5) is 11.5 Å². The van der Waals surface area contributed by atoms with Crippen molar-refractivity contribution in [3.8, 4) is 11.5 Å². The number of carbonyl (C=O) groups excluding carboxylic acids is 1. The molecule has 3 heterocycles. The van der Waals surface area contributed by atoms with Crippen molar-refractivity contribution in [1.29, 1.82) is 0 Å². The fraction of sp³-hybridized carbons (Fsp3) is 0.316. The quantitative estimate of drug-likeness (QED) is 0.364. The van der Waals surface area contributed by atoms with Crippen LogP contribution in [0, 0.1) is 0 Å². The summed E-state index contributed by atoms with van der Waals surface area (Å²) in [6, 6.07) is 3.50. The average Bonchev–Trinajstić information content (AvgIpc) is 3.35. The Balaban J connectivity index is 1.67. The first-order chi connectivity index (χ1) is 14.5. The number of nitrogens with two attached hydrogens (primary N) is 1. The second-order valence-electron chi connectivity index (χ2n) is 6.57. The third-order valence-electron chi connectivity index (χ3n) is 4.21. The molecule has 0 radical (unpaired) electrons. The summed E-state index contributed by atoms with van der Waals surface area (Å²) in [6.07, 6.45) is 7.25. The number of oxazole rings is 1. The van der Waals surface area contributed by atoms with E-state index in [1.165, 1.54) is 17.1 Å². The SMILES string of the molecule is Cn1cc(NC(=O)c2coc(-c3ccnc(NCCCCCN)c3)n2)c(C(=O)O)n1. The number of hydrogen-bond donors (Lipinski definition) is 4. The Morgan fingerprint density at radius 1 is 1.30 bits per heavy atom. The molecule has 30 heavy (non-hydrogen) atoms. The van der Waals surface area contributed by atoms with Gasteiger partial charge in [-0.1, -0.05) is 6.42 Å². The number of aryl methyl sites for hydroxylation is 1. The number of rotatable bonds is 10. The third-order valence-corrected chi connectivity index (χ3v) is 4.21. The topological polar surface area (TPSA) is 161 Å². The smallest absolute Gasteiger partial charge is 0.358 e. The number of nitrogens with zero attached hydrogens (tertiary/aromatic N) is 4. The number of aromatic carboxylic acids is 1. The van der Waals surface area contributed by atoms with Gasteiger partial charge >= 0.3 is 5.97 Å². The molecule has 0 fully saturated rings. The maximum atomic E-state index is 12.4. The van der Waals surface area contributed by atoms with Crippen LogP contribution in [-0.2, 0) is 7.05 Å². The molecule has 5 N–H and O–H groups in total. The number of carboxylic acids is 1. The van der Waals surface area contributed by atoms with Gasteiger partial charge in [-0.05, 0) is 31.5 Å². The molecule has 0 aliphatic carbocycles. The van der Waals surface area contributed by atoms with Crippen LogP contribution in [0.25, 0.3) is 11.5 Å². The predicted molar refractivity (Wildman–Crippen MR) is 109 cm³/mol. The fourth-order valence-corrected chi connectivity index (χ4v) is 2.76. The number of amides is 1. The number of hydrogen-bond acceptors (Lipinski definition) is 8. The largest absolute Gasteiger partial charge is 0.476 e. The number of carboxylic acid groups (broad SMARTS) is 1. The molecular formula is C19H23N7O4. The Bertz CT molecular complexity index is 1030. The standard InChI is InChI=1S/C19H23N7O4/c1-26-10-13(16(25-26)19(28)29)23-17(27)14-11-30-18(24-14)12-5-8-22-15(9-12)21-7-4-2-3-6-20/h5,8-11H,2-4,6-7,20H2,1H3,(H,21,22)(H,23,27)(H,28,29). The van der Waals surface area contributed by atoms with Crippen molar-refractivity contribution in [2.24, 2.45) is 12.8 Å². The zero-order valence-corrected chi connectivity index (χ0v) is 16.5. The van der Waals surface area contributed by atoms with Crippen molar-refractivity contribution < 1.29 is 19.1 Å². The van der Waals surface area contributed by atoms with Crippen molar-refractivity contribution >= 4 is 23.4 Å². The first kappa shape index (κ1) is 21.0. The van der Waals surface area contributed by atoms with Crippen molar-refractivity contribution in [2.45, 2.75) is 19.3 Å². The minimum Gasteiger partial charge on any atom is -0.476 e. The minimum absolute atomic E-state index is 0.0123. The number of anilines is 2. The minimum atomic E-state index is -1.24. The Kier molecular flexibility index (Phi) is 6.75. The van der Waals surface area contributed by atoms with Gasteiger partial charge in [0.05, 0.1) is 5.69 Å². The summed E-state index contributed by atoms with van der Waals surface area (Å²) >= 11 is 0. The molecule has 0 aliphatic rings. The third kappa shape index (κ3) is 5.20. The summed E-state index contributed by atoms with van der Waals surface area (Å²) in [5.74, 6) is -0.927. The van der Waals surface area contributed by atoms with E-state index in [4.69, 9.17) is 15.3 Å². The Morgan fingerprint density at radius 3 is 2.90 bits per heavy atom.